The number of aromatic nitrogens is 1. The van der Waals surface area contributed by atoms with Crippen molar-refractivity contribution in [3.63, 3.8) is 0 Å². The Morgan fingerprint density at radius 2 is 1.36 bits per heavy atom. The lowest BCUT2D eigenvalue weighted by molar-refractivity contribution is 0.0950. The Balaban J connectivity index is 1.38. The zero-order valence-corrected chi connectivity index (χ0v) is 20.3. The lowest BCUT2D eigenvalue weighted by Crippen LogP contribution is -2.22. The van der Waals surface area contributed by atoms with Crippen LogP contribution in [-0.2, 0) is 19.8 Å². The van der Waals surface area contributed by atoms with Gasteiger partial charge in [0, 0.05) is 24.5 Å². The summed E-state index contributed by atoms with van der Waals surface area (Å²) in [6.45, 7) is 1.10. The first kappa shape index (κ1) is 24.6. The maximum absolute atomic E-state index is 12.9. The predicted octanol–water partition coefficient (Wildman–Crippen LogP) is 5.19. The smallest absolute Gasteiger partial charge is 0.251 e. The molecule has 3 aromatic carbocycles. The van der Waals surface area contributed by atoms with Crippen LogP contribution in [0.15, 0.2) is 91.3 Å². The molecule has 0 saturated carbocycles. The summed E-state index contributed by atoms with van der Waals surface area (Å²) in [4.78, 5) is 16.9. The summed E-state index contributed by atoms with van der Waals surface area (Å²) in [7, 11) is 3.16. The van der Waals surface area contributed by atoms with Crippen molar-refractivity contribution in [2.75, 3.05) is 14.2 Å². The number of rotatable bonds is 11. The highest BCUT2D eigenvalue weighted by Gasteiger charge is 2.13. The Morgan fingerprint density at radius 3 is 2.08 bits per heavy atom. The molecule has 0 aliphatic carbocycles. The molecule has 7 heteroatoms. The van der Waals surface area contributed by atoms with Crippen LogP contribution in [0.4, 0.5) is 0 Å². The van der Waals surface area contributed by atoms with E-state index in [0.29, 0.717) is 48.3 Å². The fourth-order valence-corrected chi connectivity index (χ4v) is 3.53. The average molecular weight is 485 g/mol. The molecule has 4 rings (SSSR count). The molecular weight excluding hydrogens is 456 g/mol. The van der Waals surface area contributed by atoms with Gasteiger partial charge in [0.15, 0.2) is 23.0 Å². The normalized spacial score (nSPS) is 10.4. The van der Waals surface area contributed by atoms with Crippen molar-refractivity contribution in [2.24, 2.45) is 0 Å². The molecular formula is C29H28N2O5. The van der Waals surface area contributed by atoms with E-state index in [0.717, 1.165) is 16.7 Å². The van der Waals surface area contributed by atoms with Crippen LogP contribution in [0.3, 0.4) is 0 Å². The van der Waals surface area contributed by atoms with Gasteiger partial charge in [0.1, 0.15) is 13.2 Å². The van der Waals surface area contributed by atoms with Crippen molar-refractivity contribution >= 4 is 5.91 Å². The third kappa shape index (κ3) is 6.54. The molecule has 7 nitrogen and oxygen atoms in total. The number of hydrogen-bond acceptors (Lipinski definition) is 6. The first-order valence-electron chi connectivity index (χ1n) is 11.5. The van der Waals surface area contributed by atoms with E-state index in [-0.39, 0.29) is 5.91 Å². The van der Waals surface area contributed by atoms with Crippen molar-refractivity contribution in [1.82, 2.24) is 10.3 Å². The fourth-order valence-electron chi connectivity index (χ4n) is 3.53. The molecule has 1 aromatic heterocycles. The van der Waals surface area contributed by atoms with Gasteiger partial charge in [-0.3, -0.25) is 9.78 Å². The number of benzene rings is 3. The van der Waals surface area contributed by atoms with E-state index in [4.69, 9.17) is 18.9 Å². The fraction of sp³-hybridized carbons (Fsp3) is 0.172. The molecule has 0 fully saturated rings. The minimum absolute atomic E-state index is 0.227. The van der Waals surface area contributed by atoms with Crippen LogP contribution in [0.25, 0.3) is 0 Å². The zero-order valence-electron chi connectivity index (χ0n) is 20.3. The van der Waals surface area contributed by atoms with Gasteiger partial charge in [-0.25, -0.2) is 0 Å². The average Bonchev–Trinajstić information content (AvgIpc) is 2.94. The number of amides is 1. The van der Waals surface area contributed by atoms with Crippen molar-refractivity contribution < 1.29 is 23.7 Å². The number of methoxy groups -OCH3 is 2. The molecule has 0 bridgehead atoms. The van der Waals surface area contributed by atoms with Gasteiger partial charge in [0.05, 0.1) is 14.2 Å². The van der Waals surface area contributed by atoms with Gasteiger partial charge in [0.25, 0.3) is 5.91 Å². The van der Waals surface area contributed by atoms with Crippen molar-refractivity contribution in [3.8, 4) is 23.0 Å². The quantitative estimate of drug-likeness (QED) is 0.316. The van der Waals surface area contributed by atoms with E-state index in [2.05, 4.69) is 10.3 Å². The largest absolute Gasteiger partial charge is 0.493 e. The minimum Gasteiger partial charge on any atom is -0.493 e. The van der Waals surface area contributed by atoms with E-state index in [1.807, 2.05) is 60.7 Å². The topological polar surface area (TPSA) is 78.9 Å². The molecule has 184 valence electrons. The maximum atomic E-state index is 12.9. The second-order valence-corrected chi connectivity index (χ2v) is 7.95. The van der Waals surface area contributed by atoms with E-state index >= 15 is 0 Å². The maximum Gasteiger partial charge on any atom is 0.251 e. The standard InChI is InChI=1S/C29H28N2O5/c1-33-25-11-9-24(17-28(25)36-20-22-12-14-30-15-13-22)29(32)31-18-23-8-10-26(27(16-23)34-2)35-19-21-6-4-3-5-7-21/h3-17H,18-20H2,1-2H3,(H,31,32). The first-order chi connectivity index (χ1) is 17.7. The summed E-state index contributed by atoms with van der Waals surface area (Å²) >= 11 is 0. The Morgan fingerprint density at radius 1 is 0.694 bits per heavy atom. The van der Waals surface area contributed by atoms with Crippen molar-refractivity contribution in [2.45, 2.75) is 19.8 Å². The number of pyridine rings is 1. The Labute approximate surface area is 210 Å². The molecule has 1 N–H and O–H groups in total. The third-order valence-electron chi connectivity index (χ3n) is 5.49. The third-order valence-corrected chi connectivity index (χ3v) is 5.49. The molecule has 0 spiro atoms. The molecule has 1 heterocycles. The number of carbonyl (C=O) groups excluding carboxylic acids is 1. The molecule has 1 amide bonds. The van der Waals surface area contributed by atoms with Crippen LogP contribution >= 0.6 is 0 Å². The lowest BCUT2D eigenvalue weighted by atomic mass is 10.1. The number of ether oxygens (including phenoxy) is 4. The molecule has 0 atom stereocenters. The van der Waals surface area contributed by atoms with Gasteiger partial charge in [-0.05, 0) is 59.2 Å². The van der Waals surface area contributed by atoms with Gasteiger partial charge < -0.3 is 24.3 Å². The zero-order chi connectivity index (χ0) is 25.2. The minimum atomic E-state index is -0.227. The van der Waals surface area contributed by atoms with Crippen molar-refractivity contribution in [3.05, 3.63) is 114 Å². The van der Waals surface area contributed by atoms with E-state index in [1.54, 1.807) is 44.8 Å². The van der Waals surface area contributed by atoms with Crippen LogP contribution in [0.1, 0.15) is 27.0 Å². The van der Waals surface area contributed by atoms with Gasteiger partial charge in [-0.15, -0.1) is 0 Å². The summed E-state index contributed by atoms with van der Waals surface area (Å²) in [5, 5.41) is 2.94. The monoisotopic (exact) mass is 484 g/mol. The highest BCUT2D eigenvalue weighted by atomic mass is 16.5. The number of nitrogens with zero attached hydrogens (tertiary/aromatic N) is 1. The molecule has 0 radical (unpaired) electrons. The van der Waals surface area contributed by atoms with Crippen LogP contribution in [0.5, 0.6) is 23.0 Å². The van der Waals surface area contributed by atoms with E-state index in [1.165, 1.54) is 0 Å². The van der Waals surface area contributed by atoms with Gasteiger partial charge in [-0.1, -0.05) is 36.4 Å². The second-order valence-electron chi connectivity index (χ2n) is 7.95. The predicted molar refractivity (Wildman–Crippen MR) is 137 cm³/mol. The van der Waals surface area contributed by atoms with E-state index in [9.17, 15) is 4.79 Å². The summed E-state index contributed by atoms with van der Waals surface area (Å²) in [5.41, 5.74) is 3.39. The first-order valence-corrected chi connectivity index (χ1v) is 11.5. The lowest BCUT2D eigenvalue weighted by Gasteiger charge is -2.14. The van der Waals surface area contributed by atoms with Crippen LogP contribution in [0.2, 0.25) is 0 Å². The molecule has 0 unspecified atom stereocenters. The van der Waals surface area contributed by atoms with Gasteiger partial charge in [0.2, 0.25) is 0 Å². The number of nitrogens with one attached hydrogen (secondary N) is 1. The molecule has 4 aromatic rings. The Hall–Kier alpha value is -4.52. The number of hydrogen-bond donors (Lipinski definition) is 1. The van der Waals surface area contributed by atoms with Gasteiger partial charge >= 0.3 is 0 Å². The summed E-state index contributed by atoms with van der Waals surface area (Å²) < 4.78 is 22.7. The van der Waals surface area contributed by atoms with Crippen molar-refractivity contribution in [1.29, 1.82) is 0 Å². The summed E-state index contributed by atoms with van der Waals surface area (Å²) in [6.07, 6.45) is 3.41. The van der Waals surface area contributed by atoms with E-state index < -0.39 is 0 Å². The highest BCUT2D eigenvalue weighted by Crippen LogP contribution is 2.30. The summed E-state index contributed by atoms with van der Waals surface area (Å²) in [5.74, 6) is 2.06. The SMILES string of the molecule is COc1cc(CNC(=O)c2ccc(OC)c(OCc3ccncc3)c2)ccc1OCc1ccccc1. The van der Waals surface area contributed by atoms with Crippen LogP contribution in [-0.4, -0.2) is 25.1 Å². The number of carbonyl (C=O) groups is 1. The molecule has 0 saturated heterocycles. The Kier molecular flexibility index (Phi) is 8.38. The molecule has 0 aliphatic rings. The van der Waals surface area contributed by atoms with Crippen LogP contribution in [0, 0.1) is 0 Å². The second kappa shape index (κ2) is 12.3. The molecule has 36 heavy (non-hydrogen) atoms. The summed E-state index contributed by atoms with van der Waals surface area (Å²) in [6, 6.07) is 24.4. The Bertz CT molecular complexity index is 1280. The van der Waals surface area contributed by atoms with Gasteiger partial charge in [-0.2, -0.15) is 0 Å². The van der Waals surface area contributed by atoms with Crippen LogP contribution < -0.4 is 24.3 Å². The highest BCUT2D eigenvalue weighted by molar-refractivity contribution is 5.94. The molecule has 0 aliphatic heterocycles.